The lowest BCUT2D eigenvalue weighted by Gasteiger charge is -2.18. The van der Waals surface area contributed by atoms with Crippen LogP contribution in [0.15, 0.2) is 28.5 Å². The average molecular weight is 327 g/mol. The molecule has 1 aromatic carbocycles. The molecule has 0 bridgehead atoms. The van der Waals surface area contributed by atoms with Crippen molar-refractivity contribution in [3.63, 3.8) is 0 Å². The zero-order valence-electron chi connectivity index (χ0n) is 12.0. The van der Waals surface area contributed by atoms with Crippen LogP contribution in [0.5, 0.6) is 5.75 Å². The van der Waals surface area contributed by atoms with Gasteiger partial charge in [0.15, 0.2) is 9.34 Å². The van der Waals surface area contributed by atoms with E-state index in [0.29, 0.717) is 11.4 Å². The third kappa shape index (κ3) is 3.17. The monoisotopic (exact) mass is 327 g/mol. The summed E-state index contributed by atoms with van der Waals surface area (Å²) in [7, 11) is -0.536. The van der Waals surface area contributed by atoms with E-state index >= 15 is 0 Å². The first kappa shape index (κ1) is 15.7. The van der Waals surface area contributed by atoms with Gasteiger partial charge >= 0.3 is 0 Å². The Labute approximate surface area is 128 Å². The minimum Gasteiger partial charge on any atom is -0.496 e. The zero-order valence-corrected chi connectivity index (χ0v) is 13.7. The van der Waals surface area contributed by atoms with E-state index in [1.54, 1.807) is 20.1 Å². The number of hydrogen-bond acceptors (Lipinski definition) is 6. The largest absolute Gasteiger partial charge is 0.496 e. The van der Waals surface area contributed by atoms with Gasteiger partial charge in [-0.1, -0.05) is 29.5 Å². The highest BCUT2D eigenvalue weighted by atomic mass is 32.2. The molecule has 114 valence electrons. The molecule has 6 nitrogen and oxygen atoms in total. The number of nitrogens with zero attached hydrogens (tertiary/aromatic N) is 2. The Balaban J connectivity index is 2.31. The van der Waals surface area contributed by atoms with E-state index < -0.39 is 10.0 Å². The number of benzene rings is 1. The molecule has 0 unspecified atom stereocenters. The van der Waals surface area contributed by atoms with Gasteiger partial charge in [0.25, 0.3) is 10.0 Å². The van der Waals surface area contributed by atoms with Crippen molar-refractivity contribution in [1.82, 2.24) is 9.29 Å². The highest BCUT2D eigenvalue weighted by Crippen LogP contribution is 2.29. The Hall–Kier alpha value is -1.64. The lowest BCUT2D eigenvalue weighted by molar-refractivity contribution is 0.398. The van der Waals surface area contributed by atoms with Gasteiger partial charge < -0.3 is 10.5 Å². The standard InChI is InChI=1S/C13H17N3O3S2/c1-9-12(20-13(14)15-9)21(17,18)16(2)8-10-6-4-5-7-11(10)19-3/h4-7H,8H2,1-3H3,(H2,14,15). The molecular weight excluding hydrogens is 310 g/mol. The number of para-hydroxylation sites is 1. The van der Waals surface area contributed by atoms with Crippen molar-refractivity contribution in [3.8, 4) is 5.75 Å². The summed E-state index contributed by atoms with van der Waals surface area (Å²) in [6.45, 7) is 1.85. The predicted octanol–water partition coefficient (Wildman–Crippen LogP) is 1.86. The number of aryl methyl sites for hydroxylation is 1. The third-order valence-electron chi connectivity index (χ3n) is 3.00. The number of thiazole rings is 1. The first-order chi connectivity index (χ1) is 9.86. The average Bonchev–Trinajstić information content (AvgIpc) is 2.79. The summed E-state index contributed by atoms with van der Waals surface area (Å²) < 4.78 is 31.8. The van der Waals surface area contributed by atoms with Crippen LogP contribution in [0.1, 0.15) is 11.3 Å². The van der Waals surface area contributed by atoms with Crippen molar-refractivity contribution in [2.24, 2.45) is 0 Å². The fourth-order valence-electron chi connectivity index (χ4n) is 1.94. The van der Waals surface area contributed by atoms with Crippen molar-refractivity contribution >= 4 is 26.5 Å². The first-order valence-electron chi connectivity index (χ1n) is 6.17. The SMILES string of the molecule is COc1ccccc1CN(C)S(=O)(=O)c1sc(N)nc1C. The first-order valence-corrected chi connectivity index (χ1v) is 8.43. The van der Waals surface area contributed by atoms with E-state index in [2.05, 4.69) is 4.98 Å². The van der Waals surface area contributed by atoms with Crippen LogP contribution in [0, 0.1) is 6.92 Å². The fourth-order valence-corrected chi connectivity index (χ4v) is 4.58. The van der Waals surface area contributed by atoms with Crippen LogP contribution in [-0.2, 0) is 16.6 Å². The summed E-state index contributed by atoms with van der Waals surface area (Å²) in [5.41, 5.74) is 6.79. The van der Waals surface area contributed by atoms with Crippen molar-refractivity contribution in [2.45, 2.75) is 17.7 Å². The second-order valence-electron chi connectivity index (χ2n) is 4.50. The van der Waals surface area contributed by atoms with Crippen molar-refractivity contribution in [2.75, 3.05) is 19.9 Å². The Morgan fingerprint density at radius 1 is 1.38 bits per heavy atom. The topological polar surface area (TPSA) is 85.5 Å². The van der Waals surface area contributed by atoms with Crippen LogP contribution in [0.25, 0.3) is 0 Å². The maximum absolute atomic E-state index is 12.6. The summed E-state index contributed by atoms with van der Waals surface area (Å²) in [4.78, 5) is 3.97. The number of hydrogen-bond donors (Lipinski definition) is 1. The number of methoxy groups -OCH3 is 1. The predicted molar refractivity (Wildman–Crippen MR) is 82.9 cm³/mol. The van der Waals surface area contributed by atoms with Crippen LogP contribution >= 0.6 is 11.3 Å². The molecule has 2 N–H and O–H groups in total. The zero-order chi connectivity index (χ0) is 15.6. The smallest absolute Gasteiger partial charge is 0.254 e. The molecule has 0 saturated heterocycles. The molecule has 21 heavy (non-hydrogen) atoms. The van der Waals surface area contributed by atoms with Crippen molar-refractivity contribution < 1.29 is 13.2 Å². The van der Waals surface area contributed by atoms with Crippen LogP contribution in [0.4, 0.5) is 5.13 Å². The summed E-state index contributed by atoms with van der Waals surface area (Å²) in [5, 5.41) is 0.247. The molecule has 2 aromatic rings. The van der Waals surface area contributed by atoms with Gasteiger partial charge in [0.2, 0.25) is 0 Å². The van der Waals surface area contributed by atoms with E-state index in [4.69, 9.17) is 10.5 Å². The molecule has 2 rings (SSSR count). The summed E-state index contributed by atoms with van der Waals surface area (Å²) >= 11 is 0.976. The van der Waals surface area contributed by atoms with Gasteiger partial charge in [-0.2, -0.15) is 4.31 Å². The third-order valence-corrected chi connectivity index (χ3v) is 6.38. The molecule has 1 heterocycles. The van der Waals surface area contributed by atoms with Gasteiger partial charge in [0.05, 0.1) is 12.8 Å². The Morgan fingerprint density at radius 3 is 2.62 bits per heavy atom. The van der Waals surface area contributed by atoms with Crippen LogP contribution in [0.3, 0.4) is 0 Å². The van der Waals surface area contributed by atoms with Gasteiger partial charge in [-0.05, 0) is 13.0 Å². The normalized spacial score (nSPS) is 11.8. The highest BCUT2D eigenvalue weighted by Gasteiger charge is 2.26. The maximum atomic E-state index is 12.6. The molecular formula is C13H17N3O3S2. The van der Waals surface area contributed by atoms with Crippen LogP contribution in [0.2, 0.25) is 0 Å². The quantitative estimate of drug-likeness (QED) is 0.906. The molecule has 0 saturated carbocycles. The molecule has 8 heteroatoms. The van der Waals surface area contributed by atoms with Crippen molar-refractivity contribution in [3.05, 3.63) is 35.5 Å². The Bertz CT molecular complexity index is 741. The number of rotatable bonds is 5. The minimum absolute atomic E-state index is 0.178. The molecule has 0 aliphatic rings. The van der Waals surface area contributed by atoms with Gasteiger partial charge in [0, 0.05) is 19.2 Å². The van der Waals surface area contributed by atoms with Crippen LogP contribution in [-0.4, -0.2) is 31.9 Å². The summed E-state index contributed by atoms with van der Waals surface area (Å²) in [6.07, 6.45) is 0. The van der Waals surface area contributed by atoms with E-state index in [1.807, 2.05) is 18.2 Å². The number of nitrogens with two attached hydrogens (primary N) is 1. The van der Waals surface area contributed by atoms with Gasteiger partial charge in [-0.25, -0.2) is 13.4 Å². The lowest BCUT2D eigenvalue weighted by Crippen LogP contribution is -2.26. The fraction of sp³-hybridized carbons (Fsp3) is 0.308. The van der Waals surface area contributed by atoms with Gasteiger partial charge in [-0.3, -0.25) is 0 Å². The molecule has 1 aromatic heterocycles. The highest BCUT2D eigenvalue weighted by molar-refractivity contribution is 7.91. The minimum atomic E-state index is -3.62. The Kier molecular flexibility index (Phi) is 4.50. The number of aromatic nitrogens is 1. The number of anilines is 1. The van der Waals surface area contributed by atoms with Crippen molar-refractivity contribution in [1.29, 1.82) is 0 Å². The molecule has 0 spiro atoms. The molecule has 0 aliphatic heterocycles. The lowest BCUT2D eigenvalue weighted by atomic mass is 10.2. The summed E-state index contributed by atoms with van der Waals surface area (Å²) in [6, 6.07) is 7.31. The molecule has 0 atom stereocenters. The van der Waals surface area contributed by atoms with Gasteiger partial charge in [0.1, 0.15) is 5.75 Å². The second-order valence-corrected chi connectivity index (χ2v) is 7.77. The van der Waals surface area contributed by atoms with E-state index in [9.17, 15) is 8.42 Å². The van der Waals surface area contributed by atoms with Crippen LogP contribution < -0.4 is 10.5 Å². The van der Waals surface area contributed by atoms with Gasteiger partial charge in [-0.15, -0.1) is 0 Å². The number of sulfonamides is 1. The molecule has 0 fully saturated rings. The summed E-state index contributed by atoms with van der Waals surface area (Å²) in [5.74, 6) is 0.653. The van der Waals surface area contributed by atoms with E-state index in [0.717, 1.165) is 16.9 Å². The molecule has 0 aliphatic carbocycles. The Morgan fingerprint density at radius 2 is 2.05 bits per heavy atom. The number of ether oxygens (including phenoxy) is 1. The van der Waals surface area contributed by atoms with E-state index in [1.165, 1.54) is 11.4 Å². The van der Waals surface area contributed by atoms with E-state index in [-0.39, 0.29) is 15.9 Å². The number of nitrogen functional groups attached to an aromatic ring is 1. The molecule has 0 radical (unpaired) electrons. The maximum Gasteiger partial charge on any atom is 0.254 e. The molecule has 0 amide bonds. The second kappa shape index (κ2) is 6.00.